The molecule has 0 spiro atoms. The van der Waals surface area contributed by atoms with Crippen molar-refractivity contribution in [2.45, 2.75) is 51.2 Å². The summed E-state index contributed by atoms with van der Waals surface area (Å²) < 4.78 is 12.7. The molecule has 2 aliphatic rings. The largest absolute Gasteiger partial charge is 0.469 e. The first-order valence-electron chi connectivity index (χ1n) is 8.21. The van der Waals surface area contributed by atoms with Crippen LogP contribution in [0.25, 0.3) is 5.57 Å². The molecule has 1 aliphatic carbocycles. The number of allylic oxidation sites excluding steroid dienone is 2. The second-order valence-corrected chi connectivity index (χ2v) is 6.11. The summed E-state index contributed by atoms with van der Waals surface area (Å²) >= 11 is 0. The number of carbonyl (C=O) groups excluding carboxylic acids is 1. The summed E-state index contributed by atoms with van der Waals surface area (Å²) in [6, 6.07) is 2.06. The van der Waals surface area contributed by atoms with Gasteiger partial charge in [-0.3, -0.25) is 4.79 Å². The van der Waals surface area contributed by atoms with Gasteiger partial charge in [0, 0.05) is 12.8 Å². The molecule has 120 valence electrons. The SMILES string of the molecule is COC(=O)CC1C=C(c2ccnn2C2CCCCO2)CCC1. The van der Waals surface area contributed by atoms with Gasteiger partial charge in [0.15, 0.2) is 6.23 Å². The predicted molar refractivity (Wildman–Crippen MR) is 83.0 cm³/mol. The number of ether oxygens (including phenoxy) is 2. The molecule has 0 amide bonds. The number of hydrogen-bond acceptors (Lipinski definition) is 4. The molecule has 1 aliphatic heterocycles. The van der Waals surface area contributed by atoms with Crippen LogP contribution < -0.4 is 0 Å². The van der Waals surface area contributed by atoms with Crippen molar-refractivity contribution >= 4 is 11.5 Å². The Morgan fingerprint density at radius 3 is 3.09 bits per heavy atom. The van der Waals surface area contributed by atoms with Gasteiger partial charge in [0.1, 0.15) is 0 Å². The van der Waals surface area contributed by atoms with E-state index in [0.29, 0.717) is 6.42 Å². The van der Waals surface area contributed by atoms with E-state index in [-0.39, 0.29) is 18.1 Å². The van der Waals surface area contributed by atoms with Crippen molar-refractivity contribution in [3.8, 4) is 0 Å². The second kappa shape index (κ2) is 7.09. The van der Waals surface area contributed by atoms with Crippen molar-refractivity contribution in [1.29, 1.82) is 0 Å². The Hall–Kier alpha value is -1.62. The first-order valence-corrected chi connectivity index (χ1v) is 8.21. The lowest BCUT2D eigenvalue weighted by Crippen LogP contribution is -2.21. The van der Waals surface area contributed by atoms with Crippen molar-refractivity contribution in [2.24, 2.45) is 5.92 Å². The maximum absolute atomic E-state index is 11.5. The van der Waals surface area contributed by atoms with Gasteiger partial charge in [-0.25, -0.2) is 4.68 Å². The van der Waals surface area contributed by atoms with E-state index in [9.17, 15) is 4.79 Å². The van der Waals surface area contributed by atoms with E-state index in [0.717, 1.165) is 44.4 Å². The second-order valence-electron chi connectivity index (χ2n) is 6.11. The molecule has 0 bridgehead atoms. The molecule has 0 saturated carbocycles. The summed E-state index contributed by atoms with van der Waals surface area (Å²) in [7, 11) is 1.45. The minimum atomic E-state index is -0.133. The third kappa shape index (κ3) is 3.40. The van der Waals surface area contributed by atoms with Crippen molar-refractivity contribution < 1.29 is 14.3 Å². The molecule has 1 aromatic heterocycles. The average Bonchev–Trinajstić information content (AvgIpc) is 3.05. The number of nitrogens with zero attached hydrogens (tertiary/aromatic N) is 2. The van der Waals surface area contributed by atoms with E-state index >= 15 is 0 Å². The molecule has 0 aromatic carbocycles. The van der Waals surface area contributed by atoms with Crippen LogP contribution in [0.2, 0.25) is 0 Å². The Morgan fingerprint density at radius 2 is 2.32 bits per heavy atom. The van der Waals surface area contributed by atoms with Crippen LogP contribution in [0.1, 0.15) is 56.9 Å². The standard InChI is InChI=1S/C17H24N2O3/c1-21-17(20)12-13-5-4-6-14(11-13)15-8-9-18-19(15)16-7-2-3-10-22-16/h8-9,11,13,16H,2-7,10,12H2,1H3. The number of hydrogen-bond donors (Lipinski definition) is 0. The summed E-state index contributed by atoms with van der Waals surface area (Å²) in [5, 5.41) is 4.48. The maximum Gasteiger partial charge on any atom is 0.306 e. The van der Waals surface area contributed by atoms with Crippen molar-refractivity contribution in [1.82, 2.24) is 9.78 Å². The minimum Gasteiger partial charge on any atom is -0.469 e. The first kappa shape index (κ1) is 15.3. The first-order chi connectivity index (χ1) is 10.8. The Kier molecular flexibility index (Phi) is 4.93. The Bertz CT molecular complexity index is 544. The van der Waals surface area contributed by atoms with Gasteiger partial charge in [-0.2, -0.15) is 5.10 Å². The monoisotopic (exact) mass is 304 g/mol. The van der Waals surface area contributed by atoms with E-state index in [4.69, 9.17) is 9.47 Å². The van der Waals surface area contributed by atoms with Crippen LogP contribution in [-0.4, -0.2) is 29.5 Å². The molecule has 5 nitrogen and oxygen atoms in total. The normalized spacial score (nSPS) is 25.6. The van der Waals surface area contributed by atoms with Crippen LogP contribution in [0.15, 0.2) is 18.3 Å². The number of methoxy groups -OCH3 is 1. The minimum absolute atomic E-state index is 0.0561. The van der Waals surface area contributed by atoms with Crippen LogP contribution in [-0.2, 0) is 14.3 Å². The summed E-state index contributed by atoms with van der Waals surface area (Å²) in [5.41, 5.74) is 2.42. The highest BCUT2D eigenvalue weighted by atomic mass is 16.5. The lowest BCUT2D eigenvalue weighted by Gasteiger charge is -2.26. The fraction of sp³-hybridized carbons (Fsp3) is 0.647. The van der Waals surface area contributed by atoms with Crippen LogP contribution >= 0.6 is 0 Å². The zero-order valence-electron chi connectivity index (χ0n) is 13.2. The molecular formula is C17H24N2O3. The third-order valence-corrected chi connectivity index (χ3v) is 4.54. The van der Waals surface area contributed by atoms with Gasteiger partial charge in [0.25, 0.3) is 0 Å². The molecule has 2 heterocycles. The van der Waals surface area contributed by atoms with Crippen LogP contribution in [0.4, 0.5) is 0 Å². The van der Waals surface area contributed by atoms with Crippen molar-refractivity contribution in [2.75, 3.05) is 13.7 Å². The maximum atomic E-state index is 11.5. The van der Waals surface area contributed by atoms with Gasteiger partial charge in [-0.1, -0.05) is 6.08 Å². The van der Waals surface area contributed by atoms with Gasteiger partial charge in [-0.05, 0) is 56.1 Å². The fourth-order valence-corrected chi connectivity index (χ4v) is 3.39. The number of carbonyl (C=O) groups is 1. The van der Waals surface area contributed by atoms with E-state index in [1.54, 1.807) is 0 Å². The molecule has 5 heteroatoms. The highest BCUT2D eigenvalue weighted by molar-refractivity contribution is 5.71. The van der Waals surface area contributed by atoms with Gasteiger partial charge in [0.05, 0.1) is 19.2 Å². The lowest BCUT2D eigenvalue weighted by molar-refractivity contribution is -0.141. The smallest absolute Gasteiger partial charge is 0.306 e. The Balaban J connectivity index is 1.78. The highest BCUT2D eigenvalue weighted by Gasteiger charge is 2.23. The van der Waals surface area contributed by atoms with Gasteiger partial charge < -0.3 is 9.47 Å². The van der Waals surface area contributed by atoms with E-state index in [2.05, 4.69) is 17.2 Å². The Morgan fingerprint density at radius 1 is 1.41 bits per heavy atom. The zero-order chi connectivity index (χ0) is 15.4. The topological polar surface area (TPSA) is 53.3 Å². The fourth-order valence-electron chi connectivity index (χ4n) is 3.39. The lowest BCUT2D eigenvalue weighted by atomic mass is 9.87. The molecule has 1 aromatic rings. The zero-order valence-corrected chi connectivity index (χ0v) is 13.2. The summed E-state index contributed by atoms with van der Waals surface area (Å²) in [6.07, 6.45) is 11.1. The Labute approximate surface area is 131 Å². The summed E-state index contributed by atoms with van der Waals surface area (Å²) in [6.45, 7) is 0.813. The molecule has 2 unspecified atom stereocenters. The quantitative estimate of drug-likeness (QED) is 0.801. The molecule has 2 atom stereocenters. The summed E-state index contributed by atoms with van der Waals surface area (Å²) in [5.74, 6) is 0.137. The predicted octanol–water partition coefficient (Wildman–Crippen LogP) is 3.33. The van der Waals surface area contributed by atoms with Crippen molar-refractivity contribution in [3.63, 3.8) is 0 Å². The highest BCUT2D eigenvalue weighted by Crippen LogP contribution is 2.34. The number of aromatic nitrogens is 2. The molecule has 3 rings (SSSR count). The molecular weight excluding hydrogens is 280 g/mol. The van der Waals surface area contributed by atoms with E-state index in [1.165, 1.54) is 19.1 Å². The third-order valence-electron chi connectivity index (χ3n) is 4.54. The number of esters is 1. The van der Waals surface area contributed by atoms with Gasteiger partial charge >= 0.3 is 5.97 Å². The molecule has 22 heavy (non-hydrogen) atoms. The van der Waals surface area contributed by atoms with Gasteiger partial charge in [-0.15, -0.1) is 0 Å². The van der Waals surface area contributed by atoms with E-state index in [1.807, 2.05) is 10.9 Å². The van der Waals surface area contributed by atoms with Crippen LogP contribution in [0, 0.1) is 5.92 Å². The summed E-state index contributed by atoms with van der Waals surface area (Å²) in [4.78, 5) is 11.5. The molecule has 1 saturated heterocycles. The van der Waals surface area contributed by atoms with Crippen molar-refractivity contribution in [3.05, 3.63) is 24.0 Å². The molecule has 1 fully saturated rings. The molecule has 0 N–H and O–H groups in total. The van der Waals surface area contributed by atoms with E-state index < -0.39 is 0 Å². The average molecular weight is 304 g/mol. The van der Waals surface area contributed by atoms with Crippen LogP contribution in [0.5, 0.6) is 0 Å². The number of rotatable bonds is 4. The van der Waals surface area contributed by atoms with Crippen LogP contribution in [0.3, 0.4) is 0 Å². The molecule has 0 radical (unpaired) electrons. The van der Waals surface area contributed by atoms with Gasteiger partial charge in [0.2, 0.25) is 0 Å².